The number of halogens is 4. The van der Waals surface area contributed by atoms with Gasteiger partial charge in [0, 0.05) is 11.9 Å². The summed E-state index contributed by atoms with van der Waals surface area (Å²) in [6, 6.07) is 4.89. The van der Waals surface area contributed by atoms with Crippen molar-refractivity contribution in [3.05, 3.63) is 53.1 Å². The third-order valence-electron chi connectivity index (χ3n) is 2.04. The second-order valence-electron chi connectivity index (χ2n) is 3.22. The van der Waals surface area contributed by atoms with Gasteiger partial charge in [-0.1, -0.05) is 11.6 Å². The lowest BCUT2D eigenvalue weighted by Gasteiger charge is -2.08. The second-order valence-corrected chi connectivity index (χ2v) is 3.60. The highest BCUT2D eigenvalue weighted by Crippen LogP contribution is 2.24. The van der Waals surface area contributed by atoms with Crippen LogP contribution in [0.3, 0.4) is 0 Å². The SMILES string of the molecule is Fc1ccc(Nc2ccnc(Cl)c2)c(F)c1F. The Hall–Kier alpha value is -1.75. The summed E-state index contributed by atoms with van der Waals surface area (Å²) in [5, 5.41) is 2.78. The molecule has 0 radical (unpaired) electrons. The van der Waals surface area contributed by atoms with Crippen LogP contribution in [0.25, 0.3) is 0 Å². The van der Waals surface area contributed by atoms with E-state index in [1.165, 1.54) is 18.3 Å². The van der Waals surface area contributed by atoms with Gasteiger partial charge in [-0.25, -0.2) is 18.2 Å². The molecule has 0 aliphatic carbocycles. The summed E-state index contributed by atoms with van der Waals surface area (Å²) in [5.74, 6) is -4.03. The number of nitrogens with zero attached hydrogens (tertiary/aromatic N) is 1. The number of pyridine rings is 1. The van der Waals surface area contributed by atoms with Crippen LogP contribution < -0.4 is 5.32 Å². The van der Waals surface area contributed by atoms with Gasteiger partial charge in [0.1, 0.15) is 5.15 Å². The van der Waals surface area contributed by atoms with Crippen LogP contribution in [0.2, 0.25) is 5.15 Å². The van der Waals surface area contributed by atoms with Gasteiger partial charge in [-0.15, -0.1) is 0 Å². The maximum Gasteiger partial charge on any atom is 0.196 e. The smallest absolute Gasteiger partial charge is 0.196 e. The van der Waals surface area contributed by atoms with Crippen LogP contribution in [0.5, 0.6) is 0 Å². The van der Waals surface area contributed by atoms with Gasteiger partial charge < -0.3 is 5.32 Å². The molecule has 2 nitrogen and oxygen atoms in total. The Morgan fingerprint density at radius 1 is 1.06 bits per heavy atom. The first-order chi connectivity index (χ1) is 8.08. The fraction of sp³-hybridized carbons (Fsp3) is 0. The first kappa shape index (κ1) is 11.7. The van der Waals surface area contributed by atoms with Gasteiger partial charge in [0.2, 0.25) is 0 Å². The van der Waals surface area contributed by atoms with E-state index >= 15 is 0 Å². The van der Waals surface area contributed by atoms with E-state index in [1.807, 2.05) is 0 Å². The molecule has 1 N–H and O–H groups in total. The van der Waals surface area contributed by atoms with Crippen molar-refractivity contribution < 1.29 is 13.2 Å². The highest BCUT2D eigenvalue weighted by atomic mass is 35.5. The Labute approximate surface area is 100 Å². The maximum absolute atomic E-state index is 13.3. The molecule has 0 fully saturated rings. The molecule has 17 heavy (non-hydrogen) atoms. The van der Waals surface area contributed by atoms with Crippen LogP contribution in [0.4, 0.5) is 24.5 Å². The first-order valence-electron chi connectivity index (χ1n) is 4.60. The molecule has 0 atom stereocenters. The minimum atomic E-state index is -1.52. The Bertz CT molecular complexity index is 560. The molecule has 88 valence electrons. The average Bonchev–Trinajstić information content (AvgIpc) is 2.30. The van der Waals surface area contributed by atoms with Crippen molar-refractivity contribution in [2.24, 2.45) is 0 Å². The Kier molecular flexibility index (Phi) is 3.19. The lowest BCUT2D eigenvalue weighted by Crippen LogP contribution is -1.98. The van der Waals surface area contributed by atoms with Crippen molar-refractivity contribution >= 4 is 23.0 Å². The fourth-order valence-corrected chi connectivity index (χ4v) is 1.43. The van der Waals surface area contributed by atoms with Crippen LogP contribution in [-0.4, -0.2) is 4.98 Å². The van der Waals surface area contributed by atoms with Crippen molar-refractivity contribution in [3.63, 3.8) is 0 Å². The molecular weight excluding hydrogens is 253 g/mol. The number of hydrogen-bond donors (Lipinski definition) is 1. The van der Waals surface area contributed by atoms with E-state index in [0.29, 0.717) is 5.69 Å². The molecule has 1 heterocycles. The standard InChI is InChI=1S/C11H6ClF3N2/c12-9-5-6(3-4-16-9)17-8-2-1-7(13)10(14)11(8)15/h1-5H,(H,16,17). The fourth-order valence-electron chi connectivity index (χ4n) is 1.26. The summed E-state index contributed by atoms with van der Waals surface area (Å²) in [6.07, 6.45) is 1.41. The predicted octanol–water partition coefficient (Wildman–Crippen LogP) is 3.90. The van der Waals surface area contributed by atoms with Gasteiger partial charge in [-0.2, -0.15) is 0 Å². The summed E-state index contributed by atoms with van der Waals surface area (Å²) in [5.41, 5.74) is 0.251. The van der Waals surface area contributed by atoms with E-state index in [-0.39, 0.29) is 10.8 Å². The van der Waals surface area contributed by atoms with E-state index < -0.39 is 17.5 Å². The Balaban J connectivity index is 2.34. The molecule has 6 heteroatoms. The maximum atomic E-state index is 13.3. The molecule has 0 amide bonds. The third kappa shape index (κ3) is 2.50. The number of benzene rings is 1. The highest BCUT2D eigenvalue weighted by Gasteiger charge is 2.13. The van der Waals surface area contributed by atoms with Gasteiger partial charge >= 0.3 is 0 Å². The molecular formula is C11H6ClF3N2. The summed E-state index contributed by atoms with van der Waals surface area (Å²) in [7, 11) is 0. The van der Waals surface area contributed by atoms with Crippen molar-refractivity contribution in [1.82, 2.24) is 4.98 Å². The van der Waals surface area contributed by atoms with E-state index in [0.717, 1.165) is 12.1 Å². The lowest BCUT2D eigenvalue weighted by molar-refractivity contribution is 0.449. The van der Waals surface area contributed by atoms with Crippen molar-refractivity contribution in [2.45, 2.75) is 0 Å². The second kappa shape index (κ2) is 4.63. The van der Waals surface area contributed by atoms with E-state index in [1.54, 1.807) is 0 Å². The average molecular weight is 259 g/mol. The number of aromatic nitrogens is 1. The molecule has 1 aromatic carbocycles. The largest absolute Gasteiger partial charge is 0.353 e. The summed E-state index contributed by atoms with van der Waals surface area (Å²) < 4.78 is 39.0. The van der Waals surface area contributed by atoms with Crippen LogP contribution >= 0.6 is 11.6 Å². The van der Waals surface area contributed by atoms with Crippen LogP contribution in [0.1, 0.15) is 0 Å². The minimum Gasteiger partial charge on any atom is -0.353 e. The van der Waals surface area contributed by atoms with Gasteiger partial charge in [-0.3, -0.25) is 0 Å². The molecule has 0 aliphatic rings. The third-order valence-corrected chi connectivity index (χ3v) is 2.25. The molecule has 0 spiro atoms. The molecule has 2 aromatic rings. The topological polar surface area (TPSA) is 24.9 Å². The minimum absolute atomic E-state index is 0.175. The molecule has 0 bridgehead atoms. The van der Waals surface area contributed by atoms with Crippen LogP contribution in [-0.2, 0) is 0 Å². The molecule has 2 rings (SSSR count). The van der Waals surface area contributed by atoms with Gasteiger partial charge in [0.05, 0.1) is 5.69 Å². The Morgan fingerprint density at radius 2 is 1.82 bits per heavy atom. The Morgan fingerprint density at radius 3 is 2.53 bits per heavy atom. The molecule has 0 saturated carbocycles. The number of anilines is 2. The summed E-state index contributed by atoms with van der Waals surface area (Å²) in [4.78, 5) is 3.73. The number of nitrogens with one attached hydrogen (secondary N) is 1. The molecule has 0 unspecified atom stereocenters. The van der Waals surface area contributed by atoms with Crippen molar-refractivity contribution in [3.8, 4) is 0 Å². The van der Waals surface area contributed by atoms with E-state index in [9.17, 15) is 13.2 Å². The molecule has 1 aromatic heterocycles. The number of rotatable bonds is 2. The summed E-state index contributed by atoms with van der Waals surface area (Å²) >= 11 is 5.63. The zero-order valence-electron chi connectivity index (χ0n) is 8.35. The monoisotopic (exact) mass is 258 g/mol. The van der Waals surface area contributed by atoms with Crippen LogP contribution in [0, 0.1) is 17.5 Å². The van der Waals surface area contributed by atoms with Gasteiger partial charge in [-0.05, 0) is 24.3 Å². The van der Waals surface area contributed by atoms with Gasteiger partial charge in [0.25, 0.3) is 0 Å². The zero-order valence-corrected chi connectivity index (χ0v) is 9.10. The first-order valence-corrected chi connectivity index (χ1v) is 4.98. The number of hydrogen-bond acceptors (Lipinski definition) is 2. The van der Waals surface area contributed by atoms with Crippen LogP contribution in [0.15, 0.2) is 30.5 Å². The van der Waals surface area contributed by atoms with Crippen molar-refractivity contribution in [1.29, 1.82) is 0 Å². The highest BCUT2D eigenvalue weighted by molar-refractivity contribution is 6.29. The van der Waals surface area contributed by atoms with Crippen molar-refractivity contribution in [2.75, 3.05) is 5.32 Å². The summed E-state index contributed by atoms with van der Waals surface area (Å²) in [6.45, 7) is 0. The van der Waals surface area contributed by atoms with E-state index in [2.05, 4.69) is 10.3 Å². The molecule has 0 saturated heterocycles. The predicted molar refractivity (Wildman–Crippen MR) is 58.8 cm³/mol. The zero-order chi connectivity index (χ0) is 12.4. The lowest BCUT2D eigenvalue weighted by atomic mass is 10.2. The normalized spacial score (nSPS) is 10.4. The van der Waals surface area contributed by atoms with Gasteiger partial charge in [0.15, 0.2) is 17.5 Å². The molecule has 0 aliphatic heterocycles. The van der Waals surface area contributed by atoms with E-state index in [4.69, 9.17) is 11.6 Å². The quantitative estimate of drug-likeness (QED) is 0.653.